The van der Waals surface area contributed by atoms with Crippen molar-refractivity contribution in [2.24, 2.45) is 11.7 Å². The summed E-state index contributed by atoms with van der Waals surface area (Å²) < 4.78 is 28.0. The summed E-state index contributed by atoms with van der Waals surface area (Å²) >= 11 is 0. The Bertz CT molecular complexity index is 774. The number of carbonyl (C=O) groups excluding carboxylic acids is 2. The molecule has 1 aliphatic heterocycles. The Hall–Kier alpha value is -1.93. The second-order valence-electron chi connectivity index (χ2n) is 6.80. The van der Waals surface area contributed by atoms with Gasteiger partial charge in [-0.15, -0.1) is 0 Å². The standard InChI is InChI=1S/C17H25N3O4S/c1-11(2)9-14(17(18)22)19-25(23,24)15-10-13(7-6-12(15)3)20-8-4-5-16(20)21/h6-7,10-11,14,19H,4-5,8-9H2,1-3H3,(H2,18,22)/t14-/m0/s1. The molecule has 25 heavy (non-hydrogen) atoms. The van der Waals surface area contributed by atoms with Crippen molar-refractivity contribution in [1.82, 2.24) is 4.72 Å². The van der Waals surface area contributed by atoms with Crippen LogP contribution in [0.5, 0.6) is 0 Å². The van der Waals surface area contributed by atoms with Crippen LogP contribution in [0.3, 0.4) is 0 Å². The molecule has 3 N–H and O–H groups in total. The molecule has 1 aromatic carbocycles. The zero-order valence-corrected chi connectivity index (χ0v) is 15.6. The summed E-state index contributed by atoms with van der Waals surface area (Å²) in [7, 11) is -3.94. The van der Waals surface area contributed by atoms with E-state index >= 15 is 0 Å². The molecule has 1 aliphatic rings. The lowest BCUT2D eigenvalue weighted by Crippen LogP contribution is -2.45. The maximum atomic E-state index is 12.8. The zero-order chi connectivity index (χ0) is 18.8. The molecular formula is C17H25N3O4S. The van der Waals surface area contributed by atoms with Gasteiger partial charge in [-0.2, -0.15) is 4.72 Å². The smallest absolute Gasteiger partial charge is 0.241 e. The van der Waals surface area contributed by atoms with E-state index in [4.69, 9.17) is 5.73 Å². The number of amides is 2. The third kappa shape index (κ3) is 4.58. The number of nitrogens with two attached hydrogens (primary N) is 1. The number of nitrogens with one attached hydrogen (secondary N) is 1. The van der Waals surface area contributed by atoms with Crippen LogP contribution in [0.15, 0.2) is 23.1 Å². The SMILES string of the molecule is Cc1ccc(N2CCCC2=O)cc1S(=O)(=O)N[C@@H](CC(C)C)C(N)=O. The van der Waals surface area contributed by atoms with E-state index in [0.717, 1.165) is 6.42 Å². The maximum absolute atomic E-state index is 12.8. The highest BCUT2D eigenvalue weighted by Crippen LogP contribution is 2.26. The second-order valence-corrected chi connectivity index (χ2v) is 8.49. The normalized spacial score (nSPS) is 16.5. The van der Waals surface area contributed by atoms with E-state index in [0.29, 0.717) is 30.6 Å². The van der Waals surface area contributed by atoms with Gasteiger partial charge in [-0.3, -0.25) is 9.59 Å². The molecule has 0 aromatic heterocycles. The van der Waals surface area contributed by atoms with Gasteiger partial charge in [-0.25, -0.2) is 8.42 Å². The third-order valence-electron chi connectivity index (χ3n) is 4.19. The van der Waals surface area contributed by atoms with Gasteiger partial charge in [0.2, 0.25) is 21.8 Å². The molecular weight excluding hydrogens is 342 g/mol. The molecule has 0 unspecified atom stereocenters. The van der Waals surface area contributed by atoms with Gasteiger partial charge in [-0.1, -0.05) is 19.9 Å². The first-order valence-corrected chi connectivity index (χ1v) is 9.83. The first-order chi connectivity index (χ1) is 11.6. The molecule has 0 saturated carbocycles. The van der Waals surface area contributed by atoms with Crippen molar-refractivity contribution in [3.63, 3.8) is 0 Å². The molecule has 0 aliphatic carbocycles. The molecule has 1 fully saturated rings. The number of benzene rings is 1. The third-order valence-corrected chi connectivity index (χ3v) is 5.81. The van der Waals surface area contributed by atoms with E-state index in [9.17, 15) is 18.0 Å². The minimum atomic E-state index is -3.94. The van der Waals surface area contributed by atoms with E-state index in [1.165, 1.54) is 6.07 Å². The number of nitrogens with zero attached hydrogens (tertiary/aromatic N) is 1. The van der Waals surface area contributed by atoms with Gasteiger partial charge in [-0.05, 0) is 43.4 Å². The van der Waals surface area contributed by atoms with Crippen molar-refractivity contribution in [3.05, 3.63) is 23.8 Å². The van der Waals surface area contributed by atoms with E-state index in [2.05, 4.69) is 4.72 Å². The van der Waals surface area contributed by atoms with Gasteiger partial charge in [0.15, 0.2) is 0 Å². The predicted molar refractivity (Wildman–Crippen MR) is 95.5 cm³/mol. The van der Waals surface area contributed by atoms with Crippen LogP contribution < -0.4 is 15.4 Å². The summed E-state index contributed by atoms with van der Waals surface area (Å²) in [6.07, 6.45) is 1.54. The highest BCUT2D eigenvalue weighted by atomic mass is 32.2. The summed E-state index contributed by atoms with van der Waals surface area (Å²) in [5, 5.41) is 0. The number of sulfonamides is 1. The monoisotopic (exact) mass is 367 g/mol. The summed E-state index contributed by atoms with van der Waals surface area (Å²) in [4.78, 5) is 25.1. The van der Waals surface area contributed by atoms with Crippen molar-refractivity contribution < 1.29 is 18.0 Å². The first kappa shape index (κ1) is 19.4. The summed E-state index contributed by atoms with van der Waals surface area (Å²) in [5.74, 6) is -0.620. The molecule has 0 radical (unpaired) electrons. The maximum Gasteiger partial charge on any atom is 0.241 e. The predicted octanol–water partition coefficient (Wildman–Crippen LogP) is 1.30. The van der Waals surface area contributed by atoms with Crippen molar-refractivity contribution in [3.8, 4) is 0 Å². The van der Waals surface area contributed by atoms with Crippen molar-refractivity contribution in [2.75, 3.05) is 11.4 Å². The van der Waals surface area contributed by atoms with Gasteiger partial charge in [0.05, 0.1) is 4.90 Å². The van der Waals surface area contributed by atoms with Crippen molar-refractivity contribution in [2.45, 2.75) is 51.0 Å². The number of aryl methyl sites for hydroxylation is 1. The van der Waals surface area contributed by atoms with E-state index in [-0.39, 0.29) is 16.7 Å². The molecule has 2 amide bonds. The lowest BCUT2D eigenvalue weighted by molar-refractivity contribution is -0.120. The Balaban J connectivity index is 2.34. The second kappa shape index (κ2) is 7.53. The number of rotatable bonds is 7. The fourth-order valence-electron chi connectivity index (χ4n) is 2.91. The number of hydrogen-bond donors (Lipinski definition) is 2. The molecule has 1 saturated heterocycles. The molecule has 7 nitrogen and oxygen atoms in total. The first-order valence-electron chi connectivity index (χ1n) is 8.34. The minimum Gasteiger partial charge on any atom is -0.368 e. The Morgan fingerprint density at radius 2 is 2.04 bits per heavy atom. The molecule has 1 atom stereocenters. The van der Waals surface area contributed by atoms with Gasteiger partial charge in [0.25, 0.3) is 0 Å². The molecule has 0 bridgehead atoms. The topological polar surface area (TPSA) is 110 Å². The molecule has 1 heterocycles. The average Bonchev–Trinajstić information content (AvgIpc) is 2.92. The minimum absolute atomic E-state index is 0.0185. The fourth-order valence-corrected chi connectivity index (χ4v) is 4.39. The summed E-state index contributed by atoms with van der Waals surface area (Å²) in [5.41, 5.74) is 6.42. The van der Waals surface area contributed by atoms with Crippen LogP contribution in [0.1, 0.15) is 38.7 Å². The van der Waals surface area contributed by atoms with Gasteiger partial charge < -0.3 is 10.6 Å². The molecule has 0 spiro atoms. The van der Waals surface area contributed by atoms with Crippen LogP contribution in [0.4, 0.5) is 5.69 Å². The molecule has 8 heteroatoms. The largest absolute Gasteiger partial charge is 0.368 e. The van der Waals surface area contributed by atoms with Crippen LogP contribution >= 0.6 is 0 Å². The number of primary amides is 1. The van der Waals surface area contributed by atoms with Crippen LogP contribution in [-0.4, -0.2) is 32.8 Å². The Labute approximate surface area is 148 Å². The fraction of sp³-hybridized carbons (Fsp3) is 0.529. The van der Waals surface area contributed by atoms with Crippen LogP contribution in [0.25, 0.3) is 0 Å². The van der Waals surface area contributed by atoms with Crippen molar-refractivity contribution in [1.29, 1.82) is 0 Å². The van der Waals surface area contributed by atoms with Crippen LogP contribution in [-0.2, 0) is 19.6 Å². The highest BCUT2D eigenvalue weighted by molar-refractivity contribution is 7.89. The van der Waals surface area contributed by atoms with Gasteiger partial charge in [0.1, 0.15) is 6.04 Å². The number of anilines is 1. The van der Waals surface area contributed by atoms with E-state index in [1.807, 2.05) is 13.8 Å². The van der Waals surface area contributed by atoms with Crippen LogP contribution in [0, 0.1) is 12.8 Å². The Morgan fingerprint density at radius 3 is 2.56 bits per heavy atom. The number of carbonyl (C=O) groups is 2. The summed E-state index contributed by atoms with van der Waals surface area (Å²) in [6.45, 7) is 6.02. The Kier molecular flexibility index (Phi) is 5.84. The zero-order valence-electron chi connectivity index (χ0n) is 14.8. The Morgan fingerprint density at radius 1 is 1.36 bits per heavy atom. The van der Waals surface area contributed by atoms with Crippen LogP contribution in [0.2, 0.25) is 0 Å². The summed E-state index contributed by atoms with van der Waals surface area (Å²) in [6, 6.07) is 3.91. The number of hydrogen-bond acceptors (Lipinski definition) is 4. The highest BCUT2D eigenvalue weighted by Gasteiger charge is 2.28. The lowest BCUT2D eigenvalue weighted by atomic mass is 10.0. The molecule has 2 rings (SSSR count). The van der Waals surface area contributed by atoms with Gasteiger partial charge in [0, 0.05) is 18.7 Å². The average molecular weight is 367 g/mol. The van der Waals surface area contributed by atoms with Gasteiger partial charge >= 0.3 is 0 Å². The van der Waals surface area contributed by atoms with Crippen molar-refractivity contribution >= 4 is 27.5 Å². The molecule has 1 aromatic rings. The lowest BCUT2D eigenvalue weighted by Gasteiger charge is -2.20. The van der Waals surface area contributed by atoms with E-state index < -0.39 is 22.0 Å². The molecule has 138 valence electrons. The van der Waals surface area contributed by atoms with E-state index in [1.54, 1.807) is 24.0 Å². The quantitative estimate of drug-likeness (QED) is 0.757.